The summed E-state index contributed by atoms with van der Waals surface area (Å²) in [4.78, 5) is 28.7. The molecule has 0 N–H and O–H groups in total. The van der Waals surface area contributed by atoms with Gasteiger partial charge in [-0.15, -0.1) is 0 Å². The first kappa shape index (κ1) is 13.3. The maximum atomic E-state index is 11.8. The third-order valence-electron chi connectivity index (χ3n) is 3.67. The van der Waals surface area contributed by atoms with Crippen molar-refractivity contribution in [2.75, 3.05) is 20.8 Å². The molecule has 0 aromatic rings. The van der Waals surface area contributed by atoms with Gasteiger partial charge >= 0.3 is 11.9 Å². The quantitative estimate of drug-likeness (QED) is 0.684. The molecule has 0 saturated carbocycles. The van der Waals surface area contributed by atoms with Gasteiger partial charge in [-0.1, -0.05) is 0 Å². The highest BCUT2D eigenvalue weighted by atomic mass is 16.7. The van der Waals surface area contributed by atoms with Gasteiger partial charge < -0.3 is 9.47 Å². The number of fused-ring (bicyclic) bond motifs is 1. The normalized spacial score (nSPS) is 31.1. The molecule has 2 aliphatic rings. The highest BCUT2D eigenvalue weighted by Gasteiger charge is 2.49. The van der Waals surface area contributed by atoms with E-state index < -0.39 is 0 Å². The van der Waals surface area contributed by atoms with E-state index in [0.29, 0.717) is 6.42 Å². The molecule has 0 aliphatic carbocycles. The molecular weight excluding hydrogens is 238 g/mol. The average Bonchev–Trinajstić information content (AvgIpc) is 2.94. The van der Waals surface area contributed by atoms with E-state index in [1.165, 1.54) is 14.2 Å². The number of rotatable bonds is 4. The smallest absolute Gasteiger partial charge is 0.313 e. The molecule has 0 bridgehead atoms. The van der Waals surface area contributed by atoms with Gasteiger partial charge in [0.05, 0.1) is 26.4 Å². The van der Waals surface area contributed by atoms with E-state index in [1.54, 1.807) is 0 Å². The van der Waals surface area contributed by atoms with Crippen LogP contribution in [-0.2, 0) is 23.9 Å². The summed E-state index contributed by atoms with van der Waals surface area (Å²) in [5, 5.41) is 1.86. The number of esters is 2. The number of methoxy groups -OCH3 is 2. The number of hydrogen-bond acceptors (Lipinski definition) is 6. The van der Waals surface area contributed by atoms with Crippen LogP contribution in [-0.4, -0.2) is 49.9 Å². The Balaban J connectivity index is 2.00. The van der Waals surface area contributed by atoms with Crippen molar-refractivity contribution in [3.05, 3.63) is 0 Å². The fourth-order valence-corrected chi connectivity index (χ4v) is 2.78. The fourth-order valence-electron chi connectivity index (χ4n) is 2.78. The minimum atomic E-state index is -0.290. The summed E-state index contributed by atoms with van der Waals surface area (Å²) in [6, 6.07) is 0.0973. The van der Waals surface area contributed by atoms with E-state index in [-0.39, 0.29) is 36.4 Å². The van der Waals surface area contributed by atoms with Crippen molar-refractivity contribution < 1.29 is 23.9 Å². The van der Waals surface area contributed by atoms with Crippen LogP contribution in [0.25, 0.3) is 0 Å². The van der Waals surface area contributed by atoms with Gasteiger partial charge in [0.1, 0.15) is 5.92 Å². The van der Waals surface area contributed by atoms with Gasteiger partial charge in [-0.3, -0.25) is 14.4 Å². The first-order valence-corrected chi connectivity index (χ1v) is 6.25. The highest BCUT2D eigenvalue weighted by Crippen LogP contribution is 2.37. The van der Waals surface area contributed by atoms with Gasteiger partial charge in [0.15, 0.2) is 0 Å². The molecule has 3 atom stereocenters. The zero-order valence-electron chi connectivity index (χ0n) is 10.8. The lowest BCUT2D eigenvalue weighted by molar-refractivity contribution is -0.160. The second-order valence-electron chi connectivity index (χ2n) is 4.66. The molecule has 102 valence electrons. The van der Waals surface area contributed by atoms with Crippen molar-refractivity contribution >= 4 is 11.9 Å². The largest absolute Gasteiger partial charge is 0.469 e. The number of hydroxylamine groups is 2. The van der Waals surface area contributed by atoms with E-state index in [2.05, 4.69) is 4.74 Å². The summed E-state index contributed by atoms with van der Waals surface area (Å²) < 4.78 is 9.45. The summed E-state index contributed by atoms with van der Waals surface area (Å²) in [6.45, 7) is 0.840. The third-order valence-corrected chi connectivity index (χ3v) is 3.67. The van der Waals surface area contributed by atoms with Crippen molar-refractivity contribution in [2.45, 2.75) is 37.8 Å². The molecule has 0 aromatic heterocycles. The average molecular weight is 257 g/mol. The summed E-state index contributed by atoms with van der Waals surface area (Å²) in [7, 11) is 2.74. The van der Waals surface area contributed by atoms with E-state index in [1.807, 2.05) is 5.06 Å². The Hall–Kier alpha value is -1.14. The lowest BCUT2D eigenvalue weighted by atomic mass is 9.91. The fraction of sp³-hybridized carbons (Fsp3) is 0.833. The molecule has 0 spiro atoms. The highest BCUT2D eigenvalue weighted by molar-refractivity contribution is 5.74. The van der Waals surface area contributed by atoms with Crippen molar-refractivity contribution in [3.63, 3.8) is 0 Å². The summed E-state index contributed by atoms with van der Waals surface area (Å²) >= 11 is 0. The van der Waals surface area contributed by atoms with E-state index in [0.717, 1.165) is 19.4 Å². The van der Waals surface area contributed by atoms with Crippen LogP contribution in [0, 0.1) is 5.92 Å². The van der Waals surface area contributed by atoms with Crippen molar-refractivity contribution in [1.82, 2.24) is 5.06 Å². The lowest BCUT2D eigenvalue weighted by Gasteiger charge is -2.17. The Labute approximate surface area is 106 Å². The van der Waals surface area contributed by atoms with Crippen LogP contribution in [0.2, 0.25) is 0 Å². The molecule has 6 heteroatoms. The van der Waals surface area contributed by atoms with Crippen molar-refractivity contribution in [1.29, 1.82) is 0 Å². The number of carbonyl (C=O) groups is 2. The Morgan fingerprint density at radius 3 is 2.78 bits per heavy atom. The number of carbonyl (C=O) groups excluding carboxylic acids is 2. The zero-order valence-corrected chi connectivity index (χ0v) is 10.8. The van der Waals surface area contributed by atoms with Crippen LogP contribution in [0.5, 0.6) is 0 Å². The first-order chi connectivity index (χ1) is 8.67. The van der Waals surface area contributed by atoms with Gasteiger partial charge in [0, 0.05) is 13.0 Å². The minimum Gasteiger partial charge on any atom is -0.469 e. The van der Waals surface area contributed by atoms with Gasteiger partial charge in [-0.25, -0.2) is 0 Å². The van der Waals surface area contributed by atoms with Crippen LogP contribution in [0.3, 0.4) is 0 Å². The maximum Gasteiger partial charge on any atom is 0.313 e. The SMILES string of the molecule is COC(=O)CC[C@@H]1ON2CCC[C@H]2[C@H]1C(=O)OC. The molecule has 0 aromatic carbocycles. The molecule has 2 heterocycles. The topological polar surface area (TPSA) is 65.1 Å². The Morgan fingerprint density at radius 1 is 1.33 bits per heavy atom. The maximum absolute atomic E-state index is 11.8. The lowest BCUT2D eigenvalue weighted by Crippen LogP contribution is -2.34. The third kappa shape index (κ3) is 2.49. The van der Waals surface area contributed by atoms with Gasteiger partial charge in [0.25, 0.3) is 0 Å². The molecule has 2 fully saturated rings. The molecule has 0 radical (unpaired) electrons. The summed E-state index contributed by atoms with van der Waals surface area (Å²) in [6.07, 6.45) is 2.44. The molecular formula is C12H19NO5. The standard InChI is InChI=1S/C12H19NO5/c1-16-10(14)6-5-9-11(12(15)17-2)8-4-3-7-13(8)18-9/h8-9,11H,3-7H2,1-2H3/t8-,9-,11+/m0/s1. The van der Waals surface area contributed by atoms with Crippen LogP contribution < -0.4 is 0 Å². The van der Waals surface area contributed by atoms with Crippen LogP contribution in [0.1, 0.15) is 25.7 Å². The van der Waals surface area contributed by atoms with Crippen molar-refractivity contribution in [2.24, 2.45) is 5.92 Å². The molecule has 2 rings (SSSR count). The van der Waals surface area contributed by atoms with Gasteiger partial charge in [0.2, 0.25) is 0 Å². The molecule has 0 amide bonds. The van der Waals surface area contributed by atoms with E-state index in [4.69, 9.17) is 9.57 Å². The molecule has 2 aliphatic heterocycles. The van der Waals surface area contributed by atoms with Crippen LogP contribution in [0.15, 0.2) is 0 Å². The number of hydrogen-bond donors (Lipinski definition) is 0. The van der Waals surface area contributed by atoms with Crippen molar-refractivity contribution in [3.8, 4) is 0 Å². The van der Waals surface area contributed by atoms with Gasteiger partial charge in [-0.2, -0.15) is 5.06 Å². The predicted octanol–water partition coefficient (Wildman–Crippen LogP) is 0.507. The molecule has 2 saturated heterocycles. The molecule has 18 heavy (non-hydrogen) atoms. The Morgan fingerprint density at radius 2 is 2.11 bits per heavy atom. The van der Waals surface area contributed by atoms with Crippen LogP contribution in [0.4, 0.5) is 0 Å². The predicted molar refractivity (Wildman–Crippen MR) is 61.4 cm³/mol. The van der Waals surface area contributed by atoms with Crippen LogP contribution >= 0.6 is 0 Å². The second kappa shape index (κ2) is 5.67. The molecule has 0 unspecified atom stereocenters. The molecule has 6 nitrogen and oxygen atoms in total. The Kier molecular flexibility index (Phi) is 4.19. The summed E-state index contributed by atoms with van der Waals surface area (Å²) in [5.74, 6) is -0.823. The Bertz CT molecular complexity index is 332. The number of ether oxygens (including phenoxy) is 2. The van der Waals surface area contributed by atoms with E-state index >= 15 is 0 Å². The van der Waals surface area contributed by atoms with E-state index in [9.17, 15) is 9.59 Å². The second-order valence-corrected chi connectivity index (χ2v) is 4.66. The summed E-state index contributed by atoms with van der Waals surface area (Å²) in [5.41, 5.74) is 0. The zero-order chi connectivity index (χ0) is 13.1. The number of nitrogens with zero attached hydrogens (tertiary/aromatic N) is 1. The first-order valence-electron chi connectivity index (χ1n) is 6.25. The van der Waals surface area contributed by atoms with Gasteiger partial charge in [-0.05, 0) is 19.3 Å². The minimum absolute atomic E-state index is 0.0973. The monoisotopic (exact) mass is 257 g/mol.